The summed E-state index contributed by atoms with van der Waals surface area (Å²) in [5, 5.41) is 12.7. The van der Waals surface area contributed by atoms with Gasteiger partial charge in [0, 0.05) is 16.0 Å². The van der Waals surface area contributed by atoms with E-state index in [9.17, 15) is 4.39 Å². The minimum atomic E-state index is -0.428. The van der Waals surface area contributed by atoms with Crippen LogP contribution in [0.3, 0.4) is 0 Å². The van der Waals surface area contributed by atoms with Gasteiger partial charge < -0.3 is 5.32 Å². The van der Waals surface area contributed by atoms with Gasteiger partial charge in [-0.1, -0.05) is 27.5 Å². The van der Waals surface area contributed by atoms with Crippen LogP contribution in [0.5, 0.6) is 0 Å². The van der Waals surface area contributed by atoms with E-state index in [2.05, 4.69) is 21.2 Å². The fourth-order valence-corrected chi connectivity index (χ4v) is 2.23. The highest BCUT2D eigenvalue weighted by Gasteiger charge is 2.05. The number of halogens is 3. The van der Waals surface area contributed by atoms with Crippen molar-refractivity contribution in [1.82, 2.24) is 0 Å². The SMILES string of the molecule is N#Cc1cc(F)ccc1NCc1cc(Br)ccc1Cl. The Kier molecular flexibility index (Phi) is 4.41. The second-order valence-electron chi connectivity index (χ2n) is 3.89. The molecule has 0 aliphatic carbocycles. The smallest absolute Gasteiger partial charge is 0.124 e. The summed E-state index contributed by atoms with van der Waals surface area (Å²) in [6.45, 7) is 0.457. The Hall–Kier alpha value is -1.57. The highest BCUT2D eigenvalue weighted by molar-refractivity contribution is 9.10. The van der Waals surface area contributed by atoms with Crippen LogP contribution in [0.4, 0.5) is 10.1 Å². The molecule has 2 rings (SSSR count). The van der Waals surface area contributed by atoms with E-state index < -0.39 is 5.82 Å². The van der Waals surface area contributed by atoms with Crippen LogP contribution in [0.1, 0.15) is 11.1 Å². The Bertz CT molecular complexity index is 652. The van der Waals surface area contributed by atoms with Gasteiger partial charge >= 0.3 is 0 Å². The molecule has 0 bridgehead atoms. The normalized spacial score (nSPS) is 10.0. The average molecular weight is 340 g/mol. The van der Waals surface area contributed by atoms with Gasteiger partial charge in [-0.25, -0.2) is 4.39 Å². The van der Waals surface area contributed by atoms with Gasteiger partial charge in [0.05, 0.1) is 11.3 Å². The zero-order valence-corrected chi connectivity index (χ0v) is 12.1. The van der Waals surface area contributed by atoms with E-state index in [1.165, 1.54) is 12.1 Å². The van der Waals surface area contributed by atoms with Crippen molar-refractivity contribution in [3.8, 4) is 6.07 Å². The van der Waals surface area contributed by atoms with Crippen LogP contribution < -0.4 is 5.32 Å². The number of benzene rings is 2. The van der Waals surface area contributed by atoms with Gasteiger partial charge in [-0.15, -0.1) is 0 Å². The maximum absolute atomic E-state index is 13.0. The Morgan fingerprint density at radius 2 is 2.05 bits per heavy atom. The summed E-state index contributed by atoms with van der Waals surface area (Å²) in [6, 6.07) is 11.5. The molecule has 0 saturated heterocycles. The van der Waals surface area contributed by atoms with E-state index in [0.29, 0.717) is 17.3 Å². The molecule has 0 amide bonds. The maximum atomic E-state index is 13.0. The Labute approximate surface area is 123 Å². The molecule has 0 fully saturated rings. The Morgan fingerprint density at radius 1 is 1.26 bits per heavy atom. The monoisotopic (exact) mass is 338 g/mol. The van der Waals surface area contributed by atoms with Crippen LogP contribution in [0, 0.1) is 17.1 Å². The van der Waals surface area contributed by atoms with Crippen molar-refractivity contribution >= 4 is 33.2 Å². The third-order valence-corrected chi connectivity index (χ3v) is 3.44. The lowest BCUT2D eigenvalue weighted by Gasteiger charge is -2.10. The molecular weight excluding hydrogens is 331 g/mol. The first-order valence-corrected chi connectivity index (χ1v) is 6.64. The number of nitrogens with zero attached hydrogens (tertiary/aromatic N) is 1. The first-order valence-electron chi connectivity index (χ1n) is 5.47. The van der Waals surface area contributed by atoms with Crippen molar-refractivity contribution in [1.29, 1.82) is 5.26 Å². The highest BCUT2D eigenvalue weighted by Crippen LogP contribution is 2.23. The molecule has 2 nitrogen and oxygen atoms in total. The van der Waals surface area contributed by atoms with Crippen molar-refractivity contribution in [3.63, 3.8) is 0 Å². The van der Waals surface area contributed by atoms with Gasteiger partial charge in [0.15, 0.2) is 0 Å². The molecule has 0 saturated carbocycles. The third kappa shape index (κ3) is 3.46. The molecule has 0 unspecified atom stereocenters. The molecular formula is C14H9BrClFN2. The molecule has 2 aromatic carbocycles. The van der Waals surface area contributed by atoms with Crippen molar-refractivity contribution < 1.29 is 4.39 Å². The van der Waals surface area contributed by atoms with Crippen molar-refractivity contribution in [2.75, 3.05) is 5.32 Å². The van der Waals surface area contributed by atoms with Gasteiger partial charge in [0.1, 0.15) is 11.9 Å². The molecule has 19 heavy (non-hydrogen) atoms. The second-order valence-corrected chi connectivity index (χ2v) is 5.21. The highest BCUT2D eigenvalue weighted by atomic mass is 79.9. The van der Waals surface area contributed by atoms with E-state index in [-0.39, 0.29) is 5.56 Å². The lowest BCUT2D eigenvalue weighted by atomic mass is 10.1. The molecule has 0 aliphatic heterocycles. The lowest BCUT2D eigenvalue weighted by molar-refractivity contribution is 0.627. The summed E-state index contributed by atoms with van der Waals surface area (Å²) in [5.41, 5.74) is 1.75. The first kappa shape index (κ1) is 13.9. The molecule has 0 heterocycles. The number of hydrogen-bond acceptors (Lipinski definition) is 2. The quantitative estimate of drug-likeness (QED) is 0.878. The number of rotatable bonds is 3. The summed E-state index contributed by atoms with van der Waals surface area (Å²) in [5.74, 6) is -0.428. The van der Waals surface area contributed by atoms with Gasteiger partial charge in [-0.05, 0) is 42.0 Å². The minimum absolute atomic E-state index is 0.270. The van der Waals surface area contributed by atoms with E-state index in [1.54, 1.807) is 12.1 Å². The summed E-state index contributed by atoms with van der Waals surface area (Å²) in [6.07, 6.45) is 0. The standard InChI is InChI=1S/C14H9BrClFN2/c15-11-1-3-13(16)10(5-11)8-19-14-4-2-12(17)6-9(14)7-18/h1-6,19H,8H2. The van der Waals surface area contributed by atoms with E-state index in [0.717, 1.165) is 10.0 Å². The minimum Gasteiger partial charge on any atom is -0.380 e. The van der Waals surface area contributed by atoms with Gasteiger partial charge in [0.25, 0.3) is 0 Å². The molecule has 0 aromatic heterocycles. The zero-order valence-electron chi connectivity index (χ0n) is 9.75. The summed E-state index contributed by atoms with van der Waals surface area (Å²) in [7, 11) is 0. The molecule has 2 aromatic rings. The maximum Gasteiger partial charge on any atom is 0.124 e. The number of nitriles is 1. The largest absolute Gasteiger partial charge is 0.380 e. The molecule has 0 spiro atoms. The molecule has 0 radical (unpaired) electrons. The predicted molar refractivity (Wildman–Crippen MR) is 77.6 cm³/mol. The molecule has 0 aliphatic rings. The second kappa shape index (κ2) is 6.05. The van der Waals surface area contributed by atoms with Crippen LogP contribution in [-0.4, -0.2) is 0 Å². The fraction of sp³-hybridized carbons (Fsp3) is 0.0714. The van der Waals surface area contributed by atoms with E-state index in [1.807, 2.05) is 18.2 Å². The van der Waals surface area contributed by atoms with Crippen molar-refractivity contribution in [3.05, 3.63) is 62.8 Å². The number of hydrogen-bond donors (Lipinski definition) is 1. The third-order valence-electron chi connectivity index (χ3n) is 2.58. The van der Waals surface area contributed by atoms with Gasteiger partial charge in [0.2, 0.25) is 0 Å². The number of nitrogens with one attached hydrogen (secondary N) is 1. The first-order chi connectivity index (χ1) is 9.10. The zero-order chi connectivity index (χ0) is 13.8. The van der Waals surface area contributed by atoms with E-state index in [4.69, 9.17) is 16.9 Å². The van der Waals surface area contributed by atoms with Crippen LogP contribution in [0.15, 0.2) is 40.9 Å². The lowest BCUT2D eigenvalue weighted by Crippen LogP contribution is -2.02. The average Bonchev–Trinajstić information content (AvgIpc) is 2.40. The summed E-state index contributed by atoms with van der Waals surface area (Å²) < 4.78 is 13.9. The predicted octanol–water partition coefficient (Wildman–Crippen LogP) is 4.73. The van der Waals surface area contributed by atoms with Crippen LogP contribution in [0.25, 0.3) is 0 Å². The summed E-state index contributed by atoms with van der Waals surface area (Å²) in [4.78, 5) is 0. The Balaban J connectivity index is 2.19. The fourth-order valence-electron chi connectivity index (χ4n) is 1.63. The van der Waals surface area contributed by atoms with Crippen molar-refractivity contribution in [2.24, 2.45) is 0 Å². The number of anilines is 1. The van der Waals surface area contributed by atoms with E-state index >= 15 is 0 Å². The topological polar surface area (TPSA) is 35.8 Å². The summed E-state index contributed by atoms with van der Waals surface area (Å²) >= 11 is 9.45. The van der Waals surface area contributed by atoms with Gasteiger partial charge in [-0.3, -0.25) is 0 Å². The Morgan fingerprint density at radius 3 is 2.79 bits per heavy atom. The van der Waals surface area contributed by atoms with Crippen molar-refractivity contribution in [2.45, 2.75) is 6.54 Å². The molecule has 0 atom stereocenters. The molecule has 96 valence electrons. The molecule has 1 N–H and O–H groups in total. The molecule has 5 heteroatoms. The van der Waals surface area contributed by atoms with Crippen LogP contribution >= 0.6 is 27.5 Å². The van der Waals surface area contributed by atoms with Crippen LogP contribution in [0.2, 0.25) is 5.02 Å². The van der Waals surface area contributed by atoms with Crippen LogP contribution in [-0.2, 0) is 6.54 Å². The van der Waals surface area contributed by atoms with Gasteiger partial charge in [-0.2, -0.15) is 5.26 Å².